The monoisotopic (exact) mass is 144 g/mol. The summed E-state index contributed by atoms with van der Waals surface area (Å²) in [4.78, 5) is 24.7. The van der Waals surface area contributed by atoms with E-state index in [1.165, 1.54) is 12.3 Å². The average molecular weight is 144 g/mol. The van der Waals surface area contributed by atoms with Crippen molar-refractivity contribution in [2.75, 3.05) is 0 Å². The van der Waals surface area contributed by atoms with E-state index in [0.29, 0.717) is 0 Å². The largest absolute Gasteiger partial charge is 0.325 e. The van der Waals surface area contributed by atoms with Gasteiger partial charge < -0.3 is 4.98 Å². The lowest BCUT2D eigenvalue weighted by molar-refractivity contribution is 1.04. The molecule has 0 amide bonds. The Hall–Kier alpha value is -0.970. The summed E-state index contributed by atoms with van der Waals surface area (Å²) in [5.74, 6) is 0. The molecule has 0 spiro atoms. The van der Waals surface area contributed by atoms with E-state index in [4.69, 9.17) is 0 Å². The number of aromatic nitrogens is 2. The molecule has 2 N–H and O–H groups in total. The molecule has 0 saturated heterocycles. The van der Waals surface area contributed by atoms with Crippen LogP contribution in [0.3, 0.4) is 0 Å². The van der Waals surface area contributed by atoms with Crippen LogP contribution in [0, 0.1) is 0 Å². The van der Waals surface area contributed by atoms with Crippen LogP contribution < -0.4 is 11.2 Å². The van der Waals surface area contributed by atoms with E-state index < -0.39 is 5.69 Å². The van der Waals surface area contributed by atoms with Crippen LogP contribution in [0.4, 0.5) is 0 Å². The van der Waals surface area contributed by atoms with Crippen LogP contribution in [0.5, 0.6) is 0 Å². The molecule has 0 atom stereocenters. The Labute approximate surface area is 57.4 Å². The fraction of sp³-hybridized carbons (Fsp3) is 0. The van der Waals surface area contributed by atoms with Gasteiger partial charge in [0.2, 0.25) is 0 Å². The van der Waals surface area contributed by atoms with Crippen LogP contribution in [0.15, 0.2) is 21.9 Å². The molecule has 1 heterocycles. The van der Waals surface area contributed by atoms with Gasteiger partial charge in [-0.05, 0) is 0 Å². The maximum Gasteiger partial charge on any atom is 0.325 e. The van der Waals surface area contributed by atoms with E-state index >= 15 is 0 Å². The van der Waals surface area contributed by atoms with Crippen LogP contribution in [-0.4, -0.2) is 9.97 Å². The Morgan fingerprint density at radius 1 is 1.33 bits per heavy atom. The van der Waals surface area contributed by atoms with E-state index in [9.17, 15) is 9.59 Å². The number of aromatic amines is 2. The lowest BCUT2D eigenvalue weighted by Crippen LogP contribution is -2.19. The minimum Gasteiger partial charge on any atom is -0.314 e. The van der Waals surface area contributed by atoms with Crippen molar-refractivity contribution < 1.29 is 0 Å². The molecule has 0 aromatic carbocycles. The number of hydrogen-bond acceptors (Lipinski definition) is 2. The first-order chi connectivity index (χ1) is 3.79. The van der Waals surface area contributed by atoms with Gasteiger partial charge in [-0.25, -0.2) is 4.79 Å². The van der Waals surface area contributed by atoms with Gasteiger partial charge in [0.1, 0.15) is 0 Å². The van der Waals surface area contributed by atoms with Gasteiger partial charge in [0.15, 0.2) is 0 Å². The lowest BCUT2D eigenvalue weighted by Gasteiger charge is -1.75. The molecule has 0 aliphatic rings. The van der Waals surface area contributed by atoms with Gasteiger partial charge in [0, 0.05) is 25.8 Å². The third-order valence-corrected chi connectivity index (χ3v) is 0.686. The van der Waals surface area contributed by atoms with Crippen LogP contribution in [0.2, 0.25) is 0 Å². The summed E-state index contributed by atoms with van der Waals surface area (Å²) in [6.45, 7) is 0. The Morgan fingerprint density at radius 2 is 2.00 bits per heavy atom. The second kappa shape index (κ2) is 3.13. The third-order valence-electron chi connectivity index (χ3n) is 0.686. The van der Waals surface area contributed by atoms with Crippen LogP contribution in [0.25, 0.3) is 0 Å². The van der Waals surface area contributed by atoms with Crippen molar-refractivity contribution in [2.45, 2.75) is 0 Å². The summed E-state index contributed by atoms with van der Waals surface area (Å²) in [5, 5.41) is 0. The minimum atomic E-state index is -0.475. The zero-order chi connectivity index (χ0) is 5.98. The molecule has 0 saturated carbocycles. The number of nitrogens with one attached hydrogen (secondary N) is 2. The van der Waals surface area contributed by atoms with E-state index in [1.54, 1.807) is 0 Å². The van der Waals surface area contributed by atoms with Crippen LogP contribution >= 0.6 is 13.5 Å². The quantitative estimate of drug-likeness (QED) is 0.525. The predicted molar refractivity (Wildman–Crippen MR) is 35.3 cm³/mol. The smallest absolute Gasteiger partial charge is 0.314 e. The van der Waals surface area contributed by atoms with Gasteiger partial charge in [-0.2, -0.15) is 0 Å². The van der Waals surface area contributed by atoms with E-state index in [2.05, 4.69) is 4.98 Å². The maximum absolute atomic E-state index is 10.2. The Balaban J connectivity index is 0.000000640. The standard InChI is InChI=1S/C4H4N2O2.S/c7-3-1-2-5-4(8)6-3;/h1-2H,(H2,5,6,7,8);. The molecular weight excluding hydrogens is 140 g/mol. The van der Waals surface area contributed by atoms with E-state index in [1.807, 2.05) is 4.98 Å². The zero-order valence-corrected chi connectivity index (χ0v) is 5.20. The fourth-order valence-electron chi connectivity index (χ4n) is 0.383. The molecule has 1 aromatic rings. The molecule has 5 heteroatoms. The molecule has 1 rings (SSSR count). The van der Waals surface area contributed by atoms with Crippen molar-refractivity contribution in [3.63, 3.8) is 0 Å². The topological polar surface area (TPSA) is 65.7 Å². The van der Waals surface area contributed by atoms with E-state index in [-0.39, 0.29) is 19.1 Å². The van der Waals surface area contributed by atoms with Crippen molar-refractivity contribution >= 4 is 13.5 Å². The van der Waals surface area contributed by atoms with Gasteiger partial charge in [0.25, 0.3) is 5.56 Å². The molecule has 0 unspecified atom stereocenters. The highest BCUT2D eigenvalue weighted by molar-refractivity contribution is 7.59. The minimum absolute atomic E-state index is 0. The second-order valence-electron chi connectivity index (χ2n) is 1.30. The van der Waals surface area contributed by atoms with Crippen LogP contribution in [0.1, 0.15) is 0 Å². The van der Waals surface area contributed by atoms with Gasteiger partial charge in [-0.3, -0.25) is 9.78 Å². The van der Waals surface area contributed by atoms with Crippen LogP contribution in [-0.2, 0) is 0 Å². The highest BCUT2D eigenvalue weighted by Crippen LogP contribution is 1.51. The number of H-pyrrole nitrogens is 2. The van der Waals surface area contributed by atoms with Crippen molar-refractivity contribution in [3.8, 4) is 0 Å². The van der Waals surface area contributed by atoms with E-state index in [0.717, 1.165) is 0 Å². The Kier molecular flexibility index (Phi) is 2.80. The van der Waals surface area contributed by atoms with Gasteiger partial charge in [-0.15, -0.1) is 0 Å². The van der Waals surface area contributed by atoms with Gasteiger partial charge in [-0.1, -0.05) is 0 Å². The molecule has 0 bridgehead atoms. The summed E-state index contributed by atoms with van der Waals surface area (Å²) in [5.41, 5.74) is -0.855. The first-order valence-electron chi connectivity index (χ1n) is 2.07. The lowest BCUT2D eigenvalue weighted by atomic mass is 10.7. The van der Waals surface area contributed by atoms with Gasteiger partial charge in [0.05, 0.1) is 0 Å². The zero-order valence-electron chi connectivity index (χ0n) is 4.38. The first-order valence-corrected chi connectivity index (χ1v) is 2.07. The highest BCUT2D eigenvalue weighted by Gasteiger charge is 1.77. The first kappa shape index (κ1) is 8.03. The molecule has 0 aliphatic heterocycles. The molecular formula is C4H4N2O2S. The fourth-order valence-corrected chi connectivity index (χ4v) is 0.383. The molecule has 1 aromatic heterocycles. The average Bonchev–Trinajstić information content (AvgIpc) is 1.64. The molecule has 9 heavy (non-hydrogen) atoms. The number of rotatable bonds is 0. The summed E-state index contributed by atoms with van der Waals surface area (Å²) in [6.07, 6.45) is 1.29. The Morgan fingerprint density at radius 3 is 2.33 bits per heavy atom. The van der Waals surface area contributed by atoms with Crippen molar-refractivity contribution in [1.29, 1.82) is 0 Å². The van der Waals surface area contributed by atoms with Crippen molar-refractivity contribution in [3.05, 3.63) is 33.1 Å². The number of hydrogen-bond donors (Lipinski definition) is 2. The predicted octanol–water partition coefficient (Wildman–Crippen LogP) is -0.289. The molecule has 2 radical (unpaired) electrons. The molecule has 0 fully saturated rings. The Bertz CT molecular complexity index is 251. The third kappa shape index (κ3) is 2.18. The summed E-state index contributed by atoms with van der Waals surface area (Å²) >= 11 is 0. The maximum atomic E-state index is 10.2. The summed E-state index contributed by atoms with van der Waals surface area (Å²) in [7, 11) is 0. The molecule has 4 nitrogen and oxygen atoms in total. The molecule has 48 valence electrons. The highest BCUT2D eigenvalue weighted by atomic mass is 32.1. The summed E-state index contributed by atoms with van der Waals surface area (Å²) < 4.78 is 0. The summed E-state index contributed by atoms with van der Waals surface area (Å²) in [6, 6.07) is 1.24. The van der Waals surface area contributed by atoms with Crippen molar-refractivity contribution in [1.82, 2.24) is 9.97 Å². The second-order valence-corrected chi connectivity index (χ2v) is 1.30. The normalized spacial score (nSPS) is 8.00. The SMILES string of the molecule is O=c1cc[nH]c(=O)[nH]1.[S]. The molecule has 0 aliphatic carbocycles. The van der Waals surface area contributed by atoms with Crippen molar-refractivity contribution in [2.24, 2.45) is 0 Å². The van der Waals surface area contributed by atoms with Gasteiger partial charge >= 0.3 is 5.69 Å².